The van der Waals surface area contributed by atoms with Gasteiger partial charge in [0, 0.05) is 17.5 Å². The van der Waals surface area contributed by atoms with Crippen molar-refractivity contribution in [3.63, 3.8) is 0 Å². The van der Waals surface area contributed by atoms with E-state index in [0.717, 1.165) is 23.5 Å². The van der Waals surface area contributed by atoms with E-state index in [1.165, 1.54) is 0 Å². The molecule has 1 fully saturated rings. The Labute approximate surface area is 83.0 Å². The molecule has 0 amide bonds. The largest absolute Gasteiger partial charge is 0.495 e. The van der Waals surface area contributed by atoms with Crippen molar-refractivity contribution < 1.29 is 9.47 Å². The highest BCUT2D eigenvalue weighted by molar-refractivity contribution is 5.48. The predicted molar refractivity (Wildman–Crippen MR) is 52.7 cm³/mol. The first-order valence-corrected chi connectivity index (χ1v) is 4.59. The highest BCUT2D eigenvalue weighted by Gasteiger charge is 2.39. The molecule has 1 aromatic heterocycles. The fraction of sp³-hybridized carbons (Fsp3) is 0.500. The smallest absolute Gasteiger partial charge is 0.144 e. The Morgan fingerprint density at radius 1 is 1.29 bits per heavy atom. The third-order valence-electron chi connectivity index (χ3n) is 2.56. The molecular weight excluding hydrogens is 180 g/mol. The van der Waals surface area contributed by atoms with Gasteiger partial charge in [0.2, 0.25) is 0 Å². The molecule has 0 saturated heterocycles. The molecule has 2 rings (SSSR count). The molecule has 0 aromatic carbocycles. The van der Waals surface area contributed by atoms with Crippen molar-refractivity contribution in [3.05, 3.63) is 18.0 Å². The van der Waals surface area contributed by atoms with E-state index in [1.807, 2.05) is 0 Å². The number of aromatic nitrogens is 1. The molecule has 1 heterocycles. The quantitative estimate of drug-likeness (QED) is 0.777. The Kier molecular flexibility index (Phi) is 2.29. The van der Waals surface area contributed by atoms with Crippen molar-refractivity contribution in [2.45, 2.75) is 18.4 Å². The van der Waals surface area contributed by atoms with E-state index in [1.54, 1.807) is 26.6 Å². The van der Waals surface area contributed by atoms with E-state index in [-0.39, 0.29) is 6.04 Å². The molecule has 1 aliphatic carbocycles. The molecule has 4 heteroatoms. The van der Waals surface area contributed by atoms with Crippen molar-refractivity contribution in [1.29, 1.82) is 0 Å². The van der Waals surface area contributed by atoms with Crippen molar-refractivity contribution in [3.8, 4) is 11.5 Å². The lowest BCUT2D eigenvalue weighted by atomic mass is 10.1. The number of hydrogen-bond donors (Lipinski definition) is 1. The van der Waals surface area contributed by atoms with E-state index in [9.17, 15) is 0 Å². The number of hydrogen-bond acceptors (Lipinski definition) is 4. The van der Waals surface area contributed by atoms with Crippen LogP contribution >= 0.6 is 0 Å². The second kappa shape index (κ2) is 3.46. The number of nitrogens with two attached hydrogens (primary N) is 1. The van der Waals surface area contributed by atoms with Gasteiger partial charge in [0.25, 0.3) is 0 Å². The van der Waals surface area contributed by atoms with Gasteiger partial charge in [-0.2, -0.15) is 0 Å². The zero-order chi connectivity index (χ0) is 10.1. The van der Waals surface area contributed by atoms with Gasteiger partial charge in [-0.25, -0.2) is 0 Å². The van der Waals surface area contributed by atoms with Crippen LogP contribution in [0.25, 0.3) is 0 Å². The Bertz CT molecular complexity index is 319. The Morgan fingerprint density at radius 2 is 1.79 bits per heavy atom. The molecular formula is C10H14N2O2. The van der Waals surface area contributed by atoms with Crippen molar-refractivity contribution >= 4 is 0 Å². The molecule has 1 aliphatic rings. The summed E-state index contributed by atoms with van der Waals surface area (Å²) in [5.41, 5.74) is 6.87. The summed E-state index contributed by atoms with van der Waals surface area (Å²) in [6, 6.07) is 0.236. The van der Waals surface area contributed by atoms with Crippen LogP contribution in [0.5, 0.6) is 11.5 Å². The van der Waals surface area contributed by atoms with Gasteiger partial charge in [-0.3, -0.25) is 4.98 Å². The number of pyridine rings is 1. The zero-order valence-electron chi connectivity index (χ0n) is 8.36. The first-order chi connectivity index (χ1) is 6.77. The van der Waals surface area contributed by atoms with Gasteiger partial charge in [0.05, 0.1) is 26.6 Å². The first kappa shape index (κ1) is 9.27. The Balaban J connectivity index is 2.41. The van der Waals surface area contributed by atoms with Crippen LogP contribution in [-0.2, 0) is 0 Å². The molecule has 0 aliphatic heterocycles. The molecule has 4 nitrogen and oxygen atoms in total. The van der Waals surface area contributed by atoms with Gasteiger partial charge < -0.3 is 15.2 Å². The highest BCUT2D eigenvalue weighted by Crippen LogP contribution is 2.47. The fourth-order valence-corrected chi connectivity index (χ4v) is 1.67. The minimum absolute atomic E-state index is 0.236. The van der Waals surface area contributed by atoms with Crippen LogP contribution in [-0.4, -0.2) is 25.2 Å². The molecule has 14 heavy (non-hydrogen) atoms. The first-order valence-electron chi connectivity index (χ1n) is 4.59. The summed E-state index contributed by atoms with van der Waals surface area (Å²) < 4.78 is 10.5. The monoisotopic (exact) mass is 194 g/mol. The van der Waals surface area contributed by atoms with Crippen LogP contribution in [0, 0.1) is 0 Å². The summed E-state index contributed by atoms with van der Waals surface area (Å²) in [7, 11) is 3.27. The van der Waals surface area contributed by atoms with E-state index < -0.39 is 0 Å². The third kappa shape index (κ3) is 1.42. The van der Waals surface area contributed by atoms with Crippen LogP contribution in [0.3, 0.4) is 0 Å². The second-order valence-electron chi connectivity index (χ2n) is 3.46. The molecule has 1 saturated carbocycles. The number of rotatable bonds is 3. The average Bonchev–Trinajstić information content (AvgIpc) is 2.93. The van der Waals surface area contributed by atoms with E-state index in [4.69, 9.17) is 15.2 Å². The van der Waals surface area contributed by atoms with Crippen LogP contribution in [0.2, 0.25) is 0 Å². The summed E-state index contributed by atoms with van der Waals surface area (Å²) in [4.78, 5) is 4.03. The number of methoxy groups -OCH3 is 2. The highest BCUT2D eigenvalue weighted by atomic mass is 16.5. The normalized spacial score (nSPS) is 24.5. The number of nitrogens with zero attached hydrogens (tertiary/aromatic N) is 1. The van der Waals surface area contributed by atoms with Gasteiger partial charge in [-0.15, -0.1) is 0 Å². The van der Waals surface area contributed by atoms with Crippen LogP contribution in [0.1, 0.15) is 17.9 Å². The third-order valence-corrected chi connectivity index (χ3v) is 2.56. The van der Waals surface area contributed by atoms with Gasteiger partial charge in [-0.1, -0.05) is 0 Å². The molecule has 76 valence electrons. The maximum absolute atomic E-state index is 5.81. The van der Waals surface area contributed by atoms with Crippen molar-refractivity contribution in [2.75, 3.05) is 14.2 Å². The topological polar surface area (TPSA) is 57.4 Å². The molecule has 0 radical (unpaired) electrons. The van der Waals surface area contributed by atoms with Crippen LogP contribution in [0.4, 0.5) is 0 Å². The van der Waals surface area contributed by atoms with E-state index in [0.29, 0.717) is 5.92 Å². The predicted octanol–water partition coefficient (Wildman–Crippen LogP) is 0.913. The Morgan fingerprint density at radius 3 is 2.14 bits per heavy atom. The summed E-state index contributed by atoms with van der Waals surface area (Å²) >= 11 is 0. The minimum Gasteiger partial charge on any atom is -0.495 e. The molecule has 0 spiro atoms. The van der Waals surface area contributed by atoms with Crippen LogP contribution in [0.15, 0.2) is 12.4 Å². The van der Waals surface area contributed by atoms with Gasteiger partial charge in [0.1, 0.15) is 11.5 Å². The fourth-order valence-electron chi connectivity index (χ4n) is 1.67. The van der Waals surface area contributed by atoms with E-state index >= 15 is 0 Å². The molecule has 2 atom stereocenters. The maximum atomic E-state index is 5.81. The summed E-state index contributed by atoms with van der Waals surface area (Å²) in [5.74, 6) is 1.90. The zero-order valence-corrected chi connectivity index (χ0v) is 8.36. The lowest BCUT2D eigenvalue weighted by Gasteiger charge is -2.11. The molecule has 0 bridgehead atoms. The molecule has 1 aromatic rings. The maximum Gasteiger partial charge on any atom is 0.144 e. The summed E-state index contributed by atoms with van der Waals surface area (Å²) in [6.45, 7) is 0. The summed E-state index contributed by atoms with van der Waals surface area (Å²) in [6.07, 6.45) is 4.39. The van der Waals surface area contributed by atoms with Crippen molar-refractivity contribution in [1.82, 2.24) is 4.98 Å². The van der Waals surface area contributed by atoms with E-state index in [2.05, 4.69) is 4.98 Å². The SMILES string of the molecule is COc1cncc(OC)c1[C@@H]1C[C@H]1N. The average molecular weight is 194 g/mol. The number of ether oxygens (including phenoxy) is 2. The Hall–Kier alpha value is -1.29. The van der Waals surface area contributed by atoms with Gasteiger partial charge in [0.15, 0.2) is 0 Å². The molecule has 2 N–H and O–H groups in total. The summed E-state index contributed by atoms with van der Waals surface area (Å²) in [5, 5.41) is 0. The van der Waals surface area contributed by atoms with Crippen molar-refractivity contribution in [2.24, 2.45) is 5.73 Å². The van der Waals surface area contributed by atoms with Gasteiger partial charge in [-0.05, 0) is 6.42 Å². The lowest BCUT2D eigenvalue weighted by molar-refractivity contribution is 0.381. The standard InChI is InChI=1S/C10H14N2O2/c1-13-8-4-12-5-9(14-2)10(8)6-3-7(6)11/h4-7H,3,11H2,1-2H3/t6-,7-/m1/s1. The minimum atomic E-state index is 0.236. The lowest BCUT2D eigenvalue weighted by Crippen LogP contribution is -2.04. The van der Waals surface area contributed by atoms with Gasteiger partial charge >= 0.3 is 0 Å². The second-order valence-corrected chi connectivity index (χ2v) is 3.46. The van der Waals surface area contributed by atoms with Crippen LogP contribution < -0.4 is 15.2 Å². The molecule has 0 unspecified atom stereocenters.